The molecule has 1 aliphatic rings. The normalized spacial score (nSPS) is 14.3. The number of benzene rings is 3. The van der Waals surface area contributed by atoms with E-state index in [2.05, 4.69) is 6.07 Å². The number of nitro groups is 1. The predicted octanol–water partition coefficient (Wildman–Crippen LogP) is 5.28. The van der Waals surface area contributed by atoms with Gasteiger partial charge < -0.3 is 4.74 Å². The maximum Gasteiger partial charge on any atom is 0.293 e. The number of hydrogen-bond acceptors (Lipinski definition) is 7. The van der Waals surface area contributed by atoms with Gasteiger partial charge in [-0.3, -0.25) is 24.6 Å². The number of nitriles is 1. The summed E-state index contributed by atoms with van der Waals surface area (Å²) in [7, 11) is 0. The fraction of sp³-hybridized carbons (Fsp3) is 0.0800. The second kappa shape index (κ2) is 10.0. The molecule has 1 fully saturated rings. The van der Waals surface area contributed by atoms with Crippen molar-refractivity contribution in [1.29, 1.82) is 5.26 Å². The van der Waals surface area contributed by atoms with E-state index in [4.69, 9.17) is 4.74 Å². The second-order valence-corrected chi connectivity index (χ2v) is 8.28. The highest BCUT2D eigenvalue weighted by Gasteiger charge is 2.35. The van der Waals surface area contributed by atoms with Gasteiger partial charge in [0, 0.05) is 23.3 Å². The molecule has 0 bridgehead atoms. The Balaban J connectivity index is 1.53. The molecule has 1 aliphatic heterocycles. The van der Waals surface area contributed by atoms with E-state index in [1.54, 1.807) is 54.6 Å². The van der Waals surface area contributed by atoms with Crippen LogP contribution < -0.4 is 4.74 Å². The molecule has 8 nitrogen and oxygen atoms in total. The average molecular weight is 471 g/mol. The van der Waals surface area contributed by atoms with E-state index in [0.29, 0.717) is 22.4 Å². The van der Waals surface area contributed by atoms with Crippen molar-refractivity contribution < 1.29 is 19.2 Å². The van der Waals surface area contributed by atoms with Crippen molar-refractivity contribution >= 4 is 34.7 Å². The van der Waals surface area contributed by atoms with Gasteiger partial charge in [-0.15, -0.1) is 0 Å². The zero-order chi connectivity index (χ0) is 24.1. The minimum Gasteiger partial charge on any atom is -0.488 e. The summed E-state index contributed by atoms with van der Waals surface area (Å²) in [6, 6.07) is 22.2. The molecule has 1 saturated heterocycles. The maximum atomic E-state index is 12.9. The molecule has 34 heavy (non-hydrogen) atoms. The van der Waals surface area contributed by atoms with Crippen molar-refractivity contribution in [1.82, 2.24) is 4.90 Å². The summed E-state index contributed by atoms with van der Waals surface area (Å²) < 4.78 is 5.92. The molecule has 9 heteroatoms. The molecule has 0 aromatic heterocycles. The molecule has 2 amide bonds. The zero-order valence-electron chi connectivity index (χ0n) is 17.7. The smallest absolute Gasteiger partial charge is 0.293 e. The Morgan fingerprint density at radius 2 is 1.82 bits per heavy atom. The molecule has 4 rings (SSSR count). The highest BCUT2D eigenvalue weighted by Crippen LogP contribution is 2.35. The number of rotatable bonds is 7. The fourth-order valence-corrected chi connectivity index (χ4v) is 4.20. The molecule has 1 heterocycles. The number of carbonyl (C=O) groups is 2. The van der Waals surface area contributed by atoms with E-state index in [-0.39, 0.29) is 23.7 Å². The summed E-state index contributed by atoms with van der Waals surface area (Å²) >= 11 is 0.802. The minimum atomic E-state index is -0.525. The SMILES string of the molecule is N#Cc1ccccc1COc1ccccc1/C=C1/SC(=O)N(Cc2cccc([N+](=O)[O-])c2)C1=O. The third-order valence-electron chi connectivity index (χ3n) is 5.06. The summed E-state index contributed by atoms with van der Waals surface area (Å²) in [5.74, 6) is 0.0202. The first-order chi connectivity index (χ1) is 16.5. The third kappa shape index (κ3) is 4.98. The van der Waals surface area contributed by atoms with Gasteiger partial charge in [0.25, 0.3) is 16.8 Å². The largest absolute Gasteiger partial charge is 0.488 e. The Kier molecular flexibility index (Phi) is 6.71. The molecular formula is C25H17N3O5S. The lowest BCUT2D eigenvalue weighted by Gasteiger charge is -2.12. The molecule has 0 saturated carbocycles. The van der Waals surface area contributed by atoms with Crippen LogP contribution in [0.25, 0.3) is 6.08 Å². The standard InChI is InChI=1S/C25H17N3O5S/c26-14-19-8-1-2-9-20(19)16-33-22-11-4-3-7-18(22)13-23-24(29)27(25(30)34-23)15-17-6-5-10-21(12-17)28(31)32/h1-13H,15-16H2/b23-13+. The van der Waals surface area contributed by atoms with Gasteiger partial charge in [0.2, 0.25) is 0 Å². The number of nitro benzene ring substituents is 1. The summed E-state index contributed by atoms with van der Waals surface area (Å²) in [6.45, 7) is 0.107. The fourth-order valence-electron chi connectivity index (χ4n) is 3.37. The van der Waals surface area contributed by atoms with E-state index in [1.807, 2.05) is 6.07 Å². The molecule has 0 atom stereocenters. The number of imide groups is 1. The molecule has 3 aromatic rings. The number of hydrogen-bond donors (Lipinski definition) is 0. The first kappa shape index (κ1) is 22.8. The van der Waals surface area contributed by atoms with E-state index < -0.39 is 16.1 Å². The van der Waals surface area contributed by atoms with Crippen LogP contribution in [0.3, 0.4) is 0 Å². The monoisotopic (exact) mass is 471 g/mol. The van der Waals surface area contributed by atoms with Crippen molar-refractivity contribution in [2.75, 3.05) is 0 Å². The number of para-hydroxylation sites is 1. The van der Waals surface area contributed by atoms with Crippen LogP contribution in [0.4, 0.5) is 10.5 Å². The molecule has 0 spiro atoms. The lowest BCUT2D eigenvalue weighted by atomic mass is 10.1. The molecule has 168 valence electrons. The van der Waals surface area contributed by atoms with Gasteiger partial charge in [-0.25, -0.2) is 0 Å². The van der Waals surface area contributed by atoms with Gasteiger partial charge >= 0.3 is 0 Å². The van der Waals surface area contributed by atoms with E-state index in [9.17, 15) is 25.0 Å². The summed E-state index contributed by atoms with van der Waals surface area (Å²) in [4.78, 5) is 37.2. The Morgan fingerprint density at radius 3 is 2.62 bits per heavy atom. The maximum absolute atomic E-state index is 12.9. The van der Waals surface area contributed by atoms with Crippen molar-refractivity contribution in [3.8, 4) is 11.8 Å². The third-order valence-corrected chi connectivity index (χ3v) is 5.97. The first-order valence-corrected chi connectivity index (χ1v) is 11.0. The quantitative estimate of drug-likeness (QED) is 0.262. The van der Waals surface area contributed by atoms with Crippen LogP contribution in [0.5, 0.6) is 5.75 Å². The number of amides is 2. The van der Waals surface area contributed by atoms with Gasteiger partial charge in [-0.1, -0.05) is 48.5 Å². The Hall–Kier alpha value is -4.42. The number of nitrogens with zero attached hydrogens (tertiary/aromatic N) is 3. The Morgan fingerprint density at radius 1 is 1.06 bits per heavy atom. The van der Waals surface area contributed by atoms with Crippen molar-refractivity contribution in [3.63, 3.8) is 0 Å². The number of ether oxygens (including phenoxy) is 1. The van der Waals surface area contributed by atoms with E-state index >= 15 is 0 Å². The zero-order valence-corrected chi connectivity index (χ0v) is 18.5. The van der Waals surface area contributed by atoms with Gasteiger partial charge in [0.1, 0.15) is 12.4 Å². The molecule has 0 N–H and O–H groups in total. The van der Waals surface area contributed by atoms with Crippen LogP contribution in [0.1, 0.15) is 22.3 Å². The lowest BCUT2D eigenvalue weighted by molar-refractivity contribution is -0.384. The summed E-state index contributed by atoms with van der Waals surface area (Å²) in [5.41, 5.74) is 2.24. The van der Waals surface area contributed by atoms with Crippen LogP contribution in [-0.4, -0.2) is 21.0 Å². The van der Waals surface area contributed by atoms with Crippen LogP contribution in [0, 0.1) is 21.4 Å². The van der Waals surface area contributed by atoms with Crippen LogP contribution in [0.15, 0.2) is 77.7 Å². The summed E-state index contributed by atoms with van der Waals surface area (Å²) in [5, 5.41) is 19.8. The first-order valence-electron chi connectivity index (χ1n) is 10.1. The molecule has 3 aromatic carbocycles. The van der Waals surface area contributed by atoms with Gasteiger partial charge in [0.15, 0.2) is 0 Å². The van der Waals surface area contributed by atoms with Crippen LogP contribution in [-0.2, 0) is 17.9 Å². The van der Waals surface area contributed by atoms with Gasteiger partial charge in [-0.05, 0) is 35.5 Å². The Bertz CT molecular complexity index is 1360. The van der Waals surface area contributed by atoms with Crippen LogP contribution in [0.2, 0.25) is 0 Å². The topological polar surface area (TPSA) is 114 Å². The molecule has 0 unspecified atom stereocenters. The molecule has 0 aliphatic carbocycles. The average Bonchev–Trinajstić information content (AvgIpc) is 3.11. The van der Waals surface area contributed by atoms with Crippen molar-refractivity contribution in [2.24, 2.45) is 0 Å². The lowest BCUT2D eigenvalue weighted by Crippen LogP contribution is -2.27. The summed E-state index contributed by atoms with van der Waals surface area (Å²) in [6.07, 6.45) is 1.59. The minimum absolute atomic E-state index is 0.0627. The second-order valence-electron chi connectivity index (χ2n) is 7.29. The highest BCUT2D eigenvalue weighted by atomic mass is 32.2. The highest BCUT2D eigenvalue weighted by molar-refractivity contribution is 8.18. The predicted molar refractivity (Wildman–Crippen MR) is 127 cm³/mol. The Labute approximate surface area is 199 Å². The molecular weight excluding hydrogens is 454 g/mol. The van der Waals surface area contributed by atoms with Crippen molar-refractivity contribution in [2.45, 2.75) is 13.2 Å². The molecule has 0 radical (unpaired) electrons. The van der Waals surface area contributed by atoms with Gasteiger partial charge in [-0.2, -0.15) is 5.26 Å². The van der Waals surface area contributed by atoms with E-state index in [1.165, 1.54) is 18.2 Å². The van der Waals surface area contributed by atoms with Crippen LogP contribution >= 0.6 is 11.8 Å². The van der Waals surface area contributed by atoms with E-state index in [0.717, 1.165) is 22.2 Å². The number of carbonyl (C=O) groups excluding carboxylic acids is 2. The van der Waals surface area contributed by atoms with Gasteiger partial charge in [0.05, 0.1) is 28.0 Å². The number of non-ortho nitro benzene ring substituents is 1. The van der Waals surface area contributed by atoms with Crippen molar-refractivity contribution in [3.05, 3.63) is 110 Å². The number of thioether (sulfide) groups is 1.